The van der Waals surface area contributed by atoms with Gasteiger partial charge < -0.3 is 10.2 Å². The molecule has 0 aromatic carbocycles. The molecule has 2 amide bonds. The second kappa shape index (κ2) is 5.07. The van der Waals surface area contributed by atoms with Gasteiger partial charge in [0.15, 0.2) is 0 Å². The number of aromatic amines is 1. The van der Waals surface area contributed by atoms with E-state index in [0.717, 1.165) is 0 Å². The first kappa shape index (κ1) is 14.2. The van der Waals surface area contributed by atoms with Crippen molar-refractivity contribution < 1.29 is 9.59 Å². The van der Waals surface area contributed by atoms with Crippen LogP contribution in [0.1, 0.15) is 37.7 Å². The second-order valence-electron chi connectivity index (χ2n) is 5.86. The lowest BCUT2D eigenvalue weighted by Crippen LogP contribution is -2.44. The van der Waals surface area contributed by atoms with Crippen molar-refractivity contribution in [1.29, 1.82) is 0 Å². The molecule has 2 N–H and O–H groups in total. The lowest BCUT2D eigenvalue weighted by molar-refractivity contribution is -0.131. The number of aromatic nitrogens is 2. The van der Waals surface area contributed by atoms with Gasteiger partial charge in [-0.05, 0) is 26.8 Å². The van der Waals surface area contributed by atoms with Crippen LogP contribution < -0.4 is 10.9 Å². The highest BCUT2D eigenvalue weighted by atomic mass is 16.2. The van der Waals surface area contributed by atoms with Gasteiger partial charge in [-0.1, -0.05) is 0 Å². The van der Waals surface area contributed by atoms with Crippen LogP contribution in [0.2, 0.25) is 0 Å². The molecule has 0 aliphatic carbocycles. The lowest BCUT2D eigenvalue weighted by atomic mass is 10.1. The first-order valence-electron chi connectivity index (χ1n) is 6.44. The Hall–Kier alpha value is -2.18. The number of H-pyrrole nitrogens is 1. The Labute approximate surface area is 116 Å². The molecule has 1 atom stereocenters. The minimum Gasteiger partial charge on any atom is -0.346 e. The maximum Gasteiger partial charge on any atom is 0.272 e. The number of carbonyl (C=O) groups excluding carboxylic acids is 2. The van der Waals surface area contributed by atoms with Crippen molar-refractivity contribution in [1.82, 2.24) is 20.4 Å². The molecule has 1 saturated heterocycles. The maximum atomic E-state index is 11.9. The molecule has 1 aromatic heterocycles. The fourth-order valence-corrected chi connectivity index (χ4v) is 2.18. The van der Waals surface area contributed by atoms with Crippen molar-refractivity contribution in [2.75, 3.05) is 6.54 Å². The van der Waals surface area contributed by atoms with Gasteiger partial charge >= 0.3 is 0 Å². The van der Waals surface area contributed by atoms with Crippen LogP contribution in [-0.4, -0.2) is 45.0 Å². The van der Waals surface area contributed by atoms with E-state index in [2.05, 4.69) is 15.5 Å². The van der Waals surface area contributed by atoms with Gasteiger partial charge in [0.25, 0.3) is 11.5 Å². The van der Waals surface area contributed by atoms with Crippen molar-refractivity contribution in [3.63, 3.8) is 0 Å². The van der Waals surface area contributed by atoms with Crippen LogP contribution in [0.15, 0.2) is 16.9 Å². The Morgan fingerprint density at radius 1 is 1.40 bits per heavy atom. The van der Waals surface area contributed by atoms with Crippen molar-refractivity contribution in [3.8, 4) is 0 Å². The van der Waals surface area contributed by atoms with Gasteiger partial charge in [-0.2, -0.15) is 5.10 Å². The predicted molar refractivity (Wildman–Crippen MR) is 72.2 cm³/mol. The van der Waals surface area contributed by atoms with Crippen molar-refractivity contribution >= 4 is 11.8 Å². The monoisotopic (exact) mass is 278 g/mol. The summed E-state index contributed by atoms with van der Waals surface area (Å²) >= 11 is 0. The van der Waals surface area contributed by atoms with Gasteiger partial charge in [-0.3, -0.25) is 14.4 Å². The number of amides is 2. The predicted octanol–water partition coefficient (Wildman–Crippen LogP) is -0.101. The average molecular weight is 278 g/mol. The quantitative estimate of drug-likeness (QED) is 0.789. The number of carbonyl (C=O) groups is 2. The van der Waals surface area contributed by atoms with Gasteiger partial charge in [0.05, 0.1) is 6.04 Å². The third-order valence-corrected chi connectivity index (χ3v) is 3.18. The normalized spacial score (nSPS) is 19.2. The van der Waals surface area contributed by atoms with Gasteiger partial charge in [0.2, 0.25) is 5.91 Å². The summed E-state index contributed by atoms with van der Waals surface area (Å²) < 4.78 is 0. The van der Waals surface area contributed by atoms with E-state index in [4.69, 9.17) is 0 Å². The second-order valence-corrected chi connectivity index (χ2v) is 5.86. The standard InChI is InChI=1S/C13H18N4O3/c1-13(2,3)17-7-8(6-11(17)19)14-12(20)9-4-5-10(18)16-15-9/h4-5,8H,6-7H2,1-3H3,(H,14,20)(H,16,18). The molecule has 108 valence electrons. The Morgan fingerprint density at radius 3 is 2.60 bits per heavy atom. The Kier molecular flexibility index (Phi) is 3.61. The first-order chi connectivity index (χ1) is 9.27. The Balaban J connectivity index is 2.01. The van der Waals surface area contributed by atoms with Crippen LogP contribution in [0.3, 0.4) is 0 Å². The summed E-state index contributed by atoms with van der Waals surface area (Å²) in [6.45, 7) is 6.35. The van der Waals surface area contributed by atoms with Gasteiger partial charge in [-0.15, -0.1) is 0 Å². The zero-order chi connectivity index (χ0) is 14.9. The molecular formula is C13H18N4O3. The molecule has 2 heterocycles. The summed E-state index contributed by atoms with van der Waals surface area (Å²) in [6.07, 6.45) is 0.284. The zero-order valence-electron chi connectivity index (χ0n) is 11.8. The highest BCUT2D eigenvalue weighted by molar-refractivity contribution is 5.93. The number of hydrogen-bond acceptors (Lipinski definition) is 4. The largest absolute Gasteiger partial charge is 0.346 e. The molecule has 1 aliphatic rings. The number of hydrogen-bond donors (Lipinski definition) is 2. The first-order valence-corrected chi connectivity index (χ1v) is 6.44. The third-order valence-electron chi connectivity index (χ3n) is 3.18. The van der Waals surface area contributed by atoms with E-state index in [9.17, 15) is 14.4 Å². The molecule has 7 heteroatoms. The van der Waals surface area contributed by atoms with Crippen LogP contribution >= 0.6 is 0 Å². The molecule has 0 radical (unpaired) electrons. The van der Waals surface area contributed by atoms with Crippen LogP contribution in [0.5, 0.6) is 0 Å². The van der Waals surface area contributed by atoms with Crippen LogP contribution in [-0.2, 0) is 4.79 Å². The number of nitrogens with zero attached hydrogens (tertiary/aromatic N) is 2. The fraction of sp³-hybridized carbons (Fsp3) is 0.538. The molecule has 0 bridgehead atoms. The summed E-state index contributed by atoms with van der Waals surface area (Å²) in [4.78, 5) is 36.5. The molecular weight excluding hydrogens is 260 g/mol. The summed E-state index contributed by atoms with van der Waals surface area (Å²) in [7, 11) is 0. The number of nitrogens with one attached hydrogen (secondary N) is 2. The summed E-state index contributed by atoms with van der Waals surface area (Å²) in [6, 6.07) is 2.36. The minimum atomic E-state index is -0.394. The Bertz CT molecular complexity index is 568. The average Bonchev–Trinajstić information content (AvgIpc) is 2.70. The maximum absolute atomic E-state index is 11.9. The van der Waals surface area contributed by atoms with E-state index < -0.39 is 5.91 Å². The van der Waals surface area contributed by atoms with Crippen LogP contribution in [0.25, 0.3) is 0 Å². The minimum absolute atomic E-state index is 0.0252. The molecule has 20 heavy (non-hydrogen) atoms. The highest BCUT2D eigenvalue weighted by Gasteiger charge is 2.36. The molecule has 1 fully saturated rings. The van der Waals surface area contributed by atoms with E-state index in [0.29, 0.717) is 6.54 Å². The zero-order valence-corrected chi connectivity index (χ0v) is 11.8. The SMILES string of the molecule is CC(C)(C)N1CC(NC(=O)c2ccc(=O)[nH]n2)CC1=O. The van der Waals surface area contributed by atoms with E-state index >= 15 is 0 Å². The lowest BCUT2D eigenvalue weighted by Gasteiger charge is -2.32. The summed E-state index contributed by atoms with van der Waals surface area (Å²) in [5, 5.41) is 8.62. The fourth-order valence-electron chi connectivity index (χ4n) is 2.18. The van der Waals surface area contributed by atoms with E-state index in [1.54, 1.807) is 4.90 Å². The van der Waals surface area contributed by atoms with Crippen LogP contribution in [0, 0.1) is 0 Å². The highest BCUT2D eigenvalue weighted by Crippen LogP contribution is 2.21. The van der Waals surface area contributed by atoms with E-state index in [1.165, 1.54) is 12.1 Å². The summed E-state index contributed by atoms with van der Waals surface area (Å²) in [5.41, 5.74) is -0.491. The van der Waals surface area contributed by atoms with Crippen molar-refractivity contribution in [2.24, 2.45) is 0 Å². The summed E-state index contributed by atoms with van der Waals surface area (Å²) in [5.74, 6) is -0.368. The number of likely N-dealkylation sites (tertiary alicyclic amines) is 1. The molecule has 1 aliphatic heterocycles. The molecule has 0 saturated carbocycles. The smallest absolute Gasteiger partial charge is 0.272 e. The molecule has 0 spiro atoms. The topological polar surface area (TPSA) is 95.2 Å². The van der Waals surface area contributed by atoms with Gasteiger partial charge in [0.1, 0.15) is 5.69 Å². The van der Waals surface area contributed by atoms with E-state index in [-0.39, 0.29) is 35.2 Å². The van der Waals surface area contributed by atoms with Gasteiger partial charge in [0, 0.05) is 24.6 Å². The molecule has 1 unspecified atom stereocenters. The third kappa shape index (κ3) is 3.04. The molecule has 2 rings (SSSR count). The Morgan fingerprint density at radius 2 is 2.10 bits per heavy atom. The van der Waals surface area contributed by atoms with Crippen LogP contribution in [0.4, 0.5) is 0 Å². The molecule has 7 nitrogen and oxygen atoms in total. The number of rotatable bonds is 2. The van der Waals surface area contributed by atoms with Gasteiger partial charge in [-0.25, -0.2) is 5.10 Å². The van der Waals surface area contributed by atoms with Crippen molar-refractivity contribution in [3.05, 3.63) is 28.2 Å². The van der Waals surface area contributed by atoms with Crippen molar-refractivity contribution in [2.45, 2.75) is 38.8 Å². The van der Waals surface area contributed by atoms with E-state index in [1.807, 2.05) is 20.8 Å². The molecule has 1 aromatic rings.